The van der Waals surface area contributed by atoms with Crippen molar-refractivity contribution < 1.29 is 14.3 Å². The van der Waals surface area contributed by atoms with Crippen molar-refractivity contribution in [2.24, 2.45) is 11.3 Å². The number of hydrogen-bond acceptors (Lipinski definition) is 4. The van der Waals surface area contributed by atoms with Crippen LogP contribution in [0.25, 0.3) is 0 Å². The zero-order valence-electron chi connectivity index (χ0n) is 10.6. The van der Waals surface area contributed by atoms with Crippen molar-refractivity contribution in [3.8, 4) is 11.5 Å². The fourth-order valence-corrected chi connectivity index (χ4v) is 1.72. The lowest BCUT2D eigenvalue weighted by molar-refractivity contribution is -0.130. The summed E-state index contributed by atoms with van der Waals surface area (Å²) in [5.74, 6) is 6.22. The highest BCUT2D eigenvalue weighted by Crippen LogP contribution is 2.30. The average Bonchev–Trinajstić information content (AvgIpc) is 2.36. The predicted molar refractivity (Wildman–Crippen MR) is 72.3 cm³/mol. The first-order valence-corrected chi connectivity index (χ1v) is 6.17. The monoisotopic (exact) mass is 316 g/mol. The number of hydrazine groups is 1. The van der Waals surface area contributed by atoms with Crippen molar-refractivity contribution in [1.29, 1.82) is 0 Å². The molecule has 18 heavy (non-hydrogen) atoms. The summed E-state index contributed by atoms with van der Waals surface area (Å²) >= 11 is 3.38. The van der Waals surface area contributed by atoms with Crippen LogP contribution in [-0.2, 0) is 4.79 Å². The summed E-state index contributed by atoms with van der Waals surface area (Å²) in [5.41, 5.74) is 1.42. The van der Waals surface area contributed by atoms with Gasteiger partial charge >= 0.3 is 0 Å². The largest absolute Gasteiger partial charge is 0.497 e. The molecule has 0 radical (unpaired) electrons. The van der Waals surface area contributed by atoms with Gasteiger partial charge in [0.1, 0.15) is 18.1 Å². The lowest BCUT2D eigenvalue weighted by Crippen LogP contribution is -2.44. The summed E-state index contributed by atoms with van der Waals surface area (Å²) < 4.78 is 11.5. The van der Waals surface area contributed by atoms with Gasteiger partial charge in [0.2, 0.25) is 5.91 Å². The quantitative estimate of drug-likeness (QED) is 0.494. The topological polar surface area (TPSA) is 73.6 Å². The summed E-state index contributed by atoms with van der Waals surface area (Å²) in [6.45, 7) is 3.74. The molecule has 0 atom stereocenters. The van der Waals surface area contributed by atoms with E-state index in [1.165, 1.54) is 0 Å². The van der Waals surface area contributed by atoms with Crippen LogP contribution in [-0.4, -0.2) is 19.6 Å². The minimum Gasteiger partial charge on any atom is -0.497 e. The molecule has 0 aliphatic heterocycles. The van der Waals surface area contributed by atoms with Crippen molar-refractivity contribution in [3.05, 3.63) is 22.7 Å². The Morgan fingerprint density at radius 3 is 2.67 bits per heavy atom. The normalized spacial score (nSPS) is 10.9. The van der Waals surface area contributed by atoms with Crippen LogP contribution in [0.1, 0.15) is 13.8 Å². The Kier molecular flexibility index (Phi) is 4.98. The summed E-state index contributed by atoms with van der Waals surface area (Å²) in [7, 11) is 1.59. The fraction of sp³-hybridized carbons (Fsp3) is 0.417. The second-order valence-electron chi connectivity index (χ2n) is 4.44. The minimum absolute atomic E-state index is 0.223. The molecule has 1 aromatic rings. The molecule has 0 bridgehead atoms. The average molecular weight is 317 g/mol. The number of benzene rings is 1. The minimum atomic E-state index is -0.700. The van der Waals surface area contributed by atoms with Gasteiger partial charge in [-0.05, 0) is 48.0 Å². The third-order valence-electron chi connectivity index (χ3n) is 2.47. The van der Waals surface area contributed by atoms with E-state index in [1.54, 1.807) is 39.2 Å². The number of carbonyl (C=O) groups is 1. The van der Waals surface area contributed by atoms with Crippen LogP contribution in [0.4, 0.5) is 0 Å². The van der Waals surface area contributed by atoms with E-state index in [0.717, 1.165) is 10.2 Å². The van der Waals surface area contributed by atoms with Crippen LogP contribution in [0.5, 0.6) is 11.5 Å². The molecule has 1 amide bonds. The highest BCUT2D eigenvalue weighted by Gasteiger charge is 2.28. The first-order valence-electron chi connectivity index (χ1n) is 5.38. The van der Waals surface area contributed by atoms with E-state index in [0.29, 0.717) is 5.75 Å². The van der Waals surface area contributed by atoms with Gasteiger partial charge in [0.25, 0.3) is 0 Å². The maximum Gasteiger partial charge on any atom is 0.242 e. The Balaban J connectivity index is 2.72. The van der Waals surface area contributed by atoms with Crippen molar-refractivity contribution in [2.75, 3.05) is 13.7 Å². The van der Waals surface area contributed by atoms with Crippen LogP contribution in [0.3, 0.4) is 0 Å². The molecule has 1 rings (SSSR count). The molecule has 0 aromatic heterocycles. The van der Waals surface area contributed by atoms with E-state index >= 15 is 0 Å². The second-order valence-corrected chi connectivity index (χ2v) is 5.30. The van der Waals surface area contributed by atoms with Gasteiger partial charge in [-0.25, -0.2) is 5.84 Å². The summed E-state index contributed by atoms with van der Waals surface area (Å²) in [5, 5.41) is 0. The molecule has 0 fully saturated rings. The first kappa shape index (κ1) is 14.8. The number of hydrogen-bond donors (Lipinski definition) is 2. The van der Waals surface area contributed by atoms with Crippen LogP contribution in [0.15, 0.2) is 22.7 Å². The molecule has 0 saturated heterocycles. The lowest BCUT2D eigenvalue weighted by Gasteiger charge is -2.22. The van der Waals surface area contributed by atoms with Gasteiger partial charge in [0, 0.05) is 0 Å². The van der Waals surface area contributed by atoms with Crippen LogP contribution >= 0.6 is 15.9 Å². The van der Waals surface area contributed by atoms with Crippen LogP contribution in [0, 0.1) is 5.41 Å². The van der Waals surface area contributed by atoms with Gasteiger partial charge < -0.3 is 9.47 Å². The van der Waals surface area contributed by atoms with Crippen molar-refractivity contribution in [1.82, 2.24) is 5.43 Å². The van der Waals surface area contributed by atoms with E-state index < -0.39 is 5.41 Å². The van der Waals surface area contributed by atoms with Gasteiger partial charge in [-0.2, -0.15) is 0 Å². The number of nitrogens with one attached hydrogen (secondary N) is 1. The number of methoxy groups -OCH3 is 1. The number of amides is 1. The summed E-state index contributed by atoms with van der Waals surface area (Å²) in [6, 6.07) is 5.36. The Bertz CT molecular complexity index is 435. The third kappa shape index (κ3) is 3.61. The van der Waals surface area contributed by atoms with E-state index in [9.17, 15) is 4.79 Å². The van der Waals surface area contributed by atoms with Gasteiger partial charge in [-0.15, -0.1) is 0 Å². The molecule has 3 N–H and O–H groups in total. The van der Waals surface area contributed by atoms with E-state index in [4.69, 9.17) is 15.3 Å². The number of ether oxygens (including phenoxy) is 2. The number of halogens is 1. The molecular weight excluding hydrogens is 300 g/mol. The first-order chi connectivity index (χ1) is 8.40. The molecule has 1 aromatic carbocycles. The number of nitrogens with two attached hydrogens (primary N) is 1. The highest BCUT2D eigenvalue weighted by molar-refractivity contribution is 9.10. The lowest BCUT2D eigenvalue weighted by atomic mass is 9.94. The molecule has 100 valence electrons. The molecule has 0 heterocycles. The SMILES string of the molecule is COc1ccc(OCC(C)(C)C(=O)NN)c(Br)c1. The summed E-state index contributed by atoms with van der Waals surface area (Å²) in [6.07, 6.45) is 0. The second kappa shape index (κ2) is 6.06. The maximum absolute atomic E-state index is 11.5. The highest BCUT2D eigenvalue weighted by atomic mass is 79.9. The van der Waals surface area contributed by atoms with Crippen LogP contribution < -0.4 is 20.7 Å². The zero-order valence-corrected chi connectivity index (χ0v) is 12.2. The Hall–Kier alpha value is -1.27. The van der Waals surface area contributed by atoms with E-state index in [2.05, 4.69) is 21.4 Å². The molecule has 0 aliphatic carbocycles. The molecule has 5 nitrogen and oxygen atoms in total. The third-order valence-corrected chi connectivity index (χ3v) is 3.09. The molecule has 6 heteroatoms. The fourth-order valence-electron chi connectivity index (χ4n) is 1.24. The van der Waals surface area contributed by atoms with Gasteiger partial charge in [0.15, 0.2) is 0 Å². The summed E-state index contributed by atoms with van der Waals surface area (Å²) in [4.78, 5) is 11.5. The molecular formula is C12H17BrN2O3. The number of rotatable bonds is 5. The van der Waals surface area contributed by atoms with Gasteiger partial charge in [0.05, 0.1) is 17.0 Å². The zero-order chi connectivity index (χ0) is 13.8. The van der Waals surface area contributed by atoms with Gasteiger partial charge in [-0.1, -0.05) is 0 Å². The smallest absolute Gasteiger partial charge is 0.242 e. The Morgan fingerprint density at radius 1 is 1.50 bits per heavy atom. The Labute approximate surface area is 115 Å². The Morgan fingerprint density at radius 2 is 2.17 bits per heavy atom. The van der Waals surface area contributed by atoms with Crippen molar-refractivity contribution in [2.45, 2.75) is 13.8 Å². The van der Waals surface area contributed by atoms with Gasteiger partial charge in [-0.3, -0.25) is 10.2 Å². The molecule has 0 unspecified atom stereocenters. The maximum atomic E-state index is 11.5. The molecule has 0 saturated carbocycles. The molecule has 0 spiro atoms. The standard InChI is InChI=1S/C12H17BrN2O3/c1-12(2,11(16)15-14)7-18-10-5-4-8(17-3)6-9(10)13/h4-6H,7,14H2,1-3H3,(H,15,16). The van der Waals surface area contributed by atoms with E-state index in [1.807, 2.05) is 0 Å². The van der Waals surface area contributed by atoms with Crippen molar-refractivity contribution in [3.63, 3.8) is 0 Å². The van der Waals surface area contributed by atoms with E-state index in [-0.39, 0.29) is 12.5 Å². The number of carbonyl (C=O) groups excluding carboxylic acids is 1. The molecule has 0 aliphatic rings. The van der Waals surface area contributed by atoms with Crippen molar-refractivity contribution >= 4 is 21.8 Å². The van der Waals surface area contributed by atoms with Crippen LogP contribution in [0.2, 0.25) is 0 Å². The predicted octanol–water partition coefficient (Wildman–Crippen LogP) is 1.85.